The van der Waals surface area contributed by atoms with Gasteiger partial charge in [-0.2, -0.15) is 0 Å². The second kappa shape index (κ2) is 8.27. The molecule has 1 N–H and O–H groups in total. The van der Waals surface area contributed by atoms with Gasteiger partial charge in [0.25, 0.3) is 0 Å². The van der Waals surface area contributed by atoms with Crippen LogP contribution in [0.4, 0.5) is 5.69 Å². The minimum Gasteiger partial charge on any atom is -0.380 e. The number of anilines is 1. The van der Waals surface area contributed by atoms with Crippen LogP contribution in [-0.4, -0.2) is 5.54 Å². The maximum Gasteiger partial charge on any atom is 0.0421 e. The smallest absolute Gasteiger partial charge is 0.0421 e. The molecule has 0 unspecified atom stereocenters. The second-order valence-electron chi connectivity index (χ2n) is 5.36. The highest BCUT2D eigenvalue weighted by molar-refractivity contribution is 6.30. The first-order valence-electron chi connectivity index (χ1n) is 7.08. The molecule has 0 atom stereocenters. The quantitative estimate of drug-likeness (QED) is 0.677. The van der Waals surface area contributed by atoms with Crippen molar-refractivity contribution in [1.29, 1.82) is 0 Å². The number of hydrogen-bond acceptors (Lipinski definition) is 1. The van der Waals surface area contributed by atoms with Crippen molar-refractivity contribution < 1.29 is 0 Å². The van der Waals surface area contributed by atoms with Gasteiger partial charge in [0.05, 0.1) is 0 Å². The molecule has 1 nitrogen and oxygen atoms in total. The third-order valence-corrected chi connectivity index (χ3v) is 2.66. The fourth-order valence-electron chi connectivity index (χ4n) is 1.77. The van der Waals surface area contributed by atoms with Crippen LogP contribution < -0.4 is 5.32 Å². The summed E-state index contributed by atoms with van der Waals surface area (Å²) in [6.07, 6.45) is 3.26. The molecule has 0 spiro atoms. The molecule has 2 heteroatoms. The summed E-state index contributed by atoms with van der Waals surface area (Å²) in [6.45, 7) is 14.7. The summed E-state index contributed by atoms with van der Waals surface area (Å²) in [6, 6.07) is 6.01. The Kier molecular flexibility index (Phi) is 7.85. The van der Waals surface area contributed by atoms with Crippen molar-refractivity contribution in [2.24, 2.45) is 0 Å². The fraction of sp³-hybridized carbons (Fsp3) is 0.529. The van der Waals surface area contributed by atoms with Gasteiger partial charge in [0.15, 0.2) is 0 Å². The van der Waals surface area contributed by atoms with Crippen molar-refractivity contribution in [1.82, 2.24) is 0 Å². The molecule has 1 rings (SSSR count). The zero-order chi connectivity index (χ0) is 15.1. The van der Waals surface area contributed by atoms with Gasteiger partial charge in [-0.05, 0) is 57.9 Å². The van der Waals surface area contributed by atoms with Crippen molar-refractivity contribution in [2.75, 3.05) is 5.32 Å². The molecule has 0 heterocycles. The maximum absolute atomic E-state index is 6.08. The molecule has 0 aromatic heterocycles. The molecule has 0 fully saturated rings. The first-order valence-corrected chi connectivity index (χ1v) is 7.46. The molecule has 0 radical (unpaired) electrons. The summed E-state index contributed by atoms with van der Waals surface area (Å²) in [5.41, 5.74) is 3.65. The molecule has 0 saturated heterocycles. The Balaban J connectivity index is 0.00000154. The Hall–Kier alpha value is -0.950. The fourth-order valence-corrected chi connectivity index (χ4v) is 1.94. The zero-order valence-electron chi connectivity index (χ0n) is 13.4. The van der Waals surface area contributed by atoms with Gasteiger partial charge in [-0.15, -0.1) is 0 Å². The third-order valence-electron chi connectivity index (χ3n) is 2.43. The lowest BCUT2D eigenvalue weighted by Crippen LogP contribution is -2.26. The summed E-state index contributed by atoms with van der Waals surface area (Å²) in [7, 11) is 0. The van der Waals surface area contributed by atoms with E-state index in [0.717, 1.165) is 17.1 Å². The number of halogens is 1. The van der Waals surface area contributed by atoms with Crippen LogP contribution in [0.15, 0.2) is 24.3 Å². The van der Waals surface area contributed by atoms with Gasteiger partial charge in [0.1, 0.15) is 0 Å². The van der Waals surface area contributed by atoms with Crippen LogP contribution >= 0.6 is 11.6 Å². The average molecular weight is 282 g/mol. The van der Waals surface area contributed by atoms with E-state index in [1.165, 1.54) is 11.1 Å². The zero-order valence-corrected chi connectivity index (χ0v) is 14.2. The van der Waals surface area contributed by atoms with Gasteiger partial charge < -0.3 is 5.32 Å². The Bertz CT molecular complexity index is 414. The minimum atomic E-state index is 0.0507. The highest BCUT2D eigenvalue weighted by Crippen LogP contribution is 2.29. The number of rotatable bonds is 3. The van der Waals surface area contributed by atoms with E-state index >= 15 is 0 Å². The van der Waals surface area contributed by atoms with E-state index in [1.54, 1.807) is 0 Å². The predicted octanol–water partition coefficient (Wildman–Crippen LogP) is 6.39. The van der Waals surface area contributed by atoms with E-state index < -0.39 is 0 Å². The molecular formula is C17H28ClN. The van der Waals surface area contributed by atoms with Crippen LogP contribution in [0.2, 0.25) is 5.02 Å². The van der Waals surface area contributed by atoms with E-state index in [9.17, 15) is 0 Å². The van der Waals surface area contributed by atoms with Gasteiger partial charge in [-0.3, -0.25) is 0 Å². The maximum atomic E-state index is 6.08. The van der Waals surface area contributed by atoms with Crippen molar-refractivity contribution in [3.05, 3.63) is 34.9 Å². The van der Waals surface area contributed by atoms with E-state index in [-0.39, 0.29) is 5.54 Å². The summed E-state index contributed by atoms with van der Waals surface area (Å²) < 4.78 is 0. The summed E-state index contributed by atoms with van der Waals surface area (Å²) in [5, 5.41) is 4.30. The normalized spacial score (nSPS) is 11.7. The van der Waals surface area contributed by atoms with Gasteiger partial charge in [0, 0.05) is 21.8 Å². The summed E-state index contributed by atoms with van der Waals surface area (Å²) in [4.78, 5) is 0. The SMILES string of the molecule is CC.CCC=C(C)c1cc(Cl)ccc1NC(C)(C)C. The third kappa shape index (κ3) is 6.68. The molecule has 0 amide bonds. The van der Waals surface area contributed by atoms with Crippen LogP contribution in [0, 0.1) is 0 Å². The molecule has 1 aromatic carbocycles. The first-order chi connectivity index (χ1) is 8.83. The molecule has 1 aromatic rings. The van der Waals surface area contributed by atoms with E-state index in [4.69, 9.17) is 11.6 Å². The molecule has 0 aliphatic rings. The molecule has 108 valence electrons. The monoisotopic (exact) mass is 281 g/mol. The number of benzene rings is 1. The molecule has 19 heavy (non-hydrogen) atoms. The van der Waals surface area contributed by atoms with Crippen LogP contribution in [0.25, 0.3) is 5.57 Å². The predicted molar refractivity (Wildman–Crippen MR) is 90.1 cm³/mol. The lowest BCUT2D eigenvalue weighted by Gasteiger charge is -2.24. The Morgan fingerprint density at radius 3 is 2.32 bits per heavy atom. The first kappa shape index (κ1) is 18.0. The highest BCUT2D eigenvalue weighted by Gasteiger charge is 2.13. The topological polar surface area (TPSA) is 12.0 Å². The van der Waals surface area contributed by atoms with Crippen LogP contribution in [0.5, 0.6) is 0 Å². The van der Waals surface area contributed by atoms with Gasteiger partial charge >= 0.3 is 0 Å². The lowest BCUT2D eigenvalue weighted by atomic mass is 10.0. The van der Waals surface area contributed by atoms with Crippen molar-refractivity contribution >= 4 is 22.9 Å². The van der Waals surface area contributed by atoms with Crippen LogP contribution in [0.1, 0.15) is 60.5 Å². The summed E-state index contributed by atoms with van der Waals surface area (Å²) >= 11 is 6.08. The number of hydrogen-bond donors (Lipinski definition) is 1. The Labute approximate surface area is 124 Å². The van der Waals surface area contributed by atoms with Crippen LogP contribution in [-0.2, 0) is 0 Å². The largest absolute Gasteiger partial charge is 0.380 e. The Morgan fingerprint density at radius 1 is 1.26 bits per heavy atom. The van der Waals surface area contributed by atoms with E-state index in [2.05, 4.69) is 52.1 Å². The van der Waals surface area contributed by atoms with Gasteiger partial charge in [-0.25, -0.2) is 0 Å². The standard InChI is InChI=1S/C15H22ClN.C2H6/c1-6-7-11(2)13-10-12(16)8-9-14(13)17-15(3,4)5;1-2/h7-10,17H,6H2,1-5H3;1-2H3. The highest BCUT2D eigenvalue weighted by atomic mass is 35.5. The molecule has 0 aliphatic carbocycles. The number of nitrogens with one attached hydrogen (secondary N) is 1. The van der Waals surface area contributed by atoms with Crippen molar-refractivity contribution in [3.8, 4) is 0 Å². The lowest BCUT2D eigenvalue weighted by molar-refractivity contribution is 0.634. The molecule has 0 bridgehead atoms. The summed E-state index contributed by atoms with van der Waals surface area (Å²) in [5.74, 6) is 0. The molecule has 0 saturated carbocycles. The van der Waals surface area contributed by atoms with Gasteiger partial charge in [-0.1, -0.05) is 38.4 Å². The minimum absolute atomic E-state index is 0.0507. The Morgan fingerprint density at radius 2 is 1.84 bits per heavy atom. The average Bonchev–Trinajstić information content (AvgIpc) is 2.32. The molecule has 0 aliphatic heterocycles. The van der Waals surface area contributed by atoms with E-state index in [0.29, 0.717) is 0 Å². The van der Waals surface area contributed by atoms with Crippen LogP contribution in [0.3, 0.4) is 0 Å². The van der Waals surface area contributed by atoms with Crippen molar-refractivity contribution in [3.63, 3.8) is 0 Å². The second-order valence-corrected chi connectivity index (χ2v) is 5.80. The molecular weight excluding hydrogens is 254 g/mol. The van der Waals surface area contributed by atoms with Gasteiger partial charge in [0.2, 0.25) is 0 Å². The van der Waals surface area contributed by atoms with E-state index in [1.807, 2.05) is 26.0 Å². The van der Waals surface area contributed by atoms with Crippen molar-refractivity contribution in [2.45, 2.75) is 60.4 Å². The number of allylic oxidation sites excluding steroid dienone is 2.